The van der Waals surface area contributed by atoms with Gasteiger partial charge in [0.05, 0.1) is 5.92 Å². The van der Waals surface area contributed by atoms with Crippen LogP contribution in [-0.4, -0.2) is 52.6 Å². The topological polar surface area (TPSA) is 137 Å². The molecular formula is C21H25N4O4P. The minimum Gasteiger partial charge on any atom is -0.481 e. The van der Waals surface area contributed by atoms with E-state index >= 15 is 0 Å². The molecule has 9 heteroatoms. The van der Waals surface area contributed by atoms with Crippen molar-refractivity contribution in [1.29, 1.82) is 5.41 Å². The molecule has 2 rings (SSSR count). The summed E-state index contributed by atoms with van der Waals surface area (Å²) in [5.74, 6) is -2.22. The number of carboxylic acids is 1. The fourth-order valence-electron chi connectivity index (χ4n) is 2.90. The van der Waals surface area contributed by atoms with Crippen LogP contribution in [-0.2, 0) is 14.4 Å². The summed E-state index contributed by atoms with van der Waals surface area (Å²) in [4.78, 5) is 37.8. The Labute approximate surface area is 176 Å². The number of rotatable bonds is 10. The summed E-state index contributed by atoms with van der Waals surface area (Å²) in [6, 6.07) is 6.53. The van der Waals surface area contributed by atoms with E-state index in [2.05, 4.69) is 11.6 Å². The molecule has 1 aromatic carbocycles. The molecule has 0 aromatic heterocycles. The zero-order valence-corrected chi connectivity index (χ0v) is 17.4. The van der Waals surface area contributed by atoms with Crippen molar-refractivity contribution in [2.24, 2.45) is 11.7 Å². The Kier molecular flexibility index (Phi) is 8.50. The number of benzene rings is 1. The highest BCUT2D eigenvalue weighted by molar-refractivity contribution is 7.36. The minimum absolute atomic E-state index is 0.00564. The number of hydrogen-bond acceptors (Lipinski definition) is 4. The van der Waals surface area contributed by atoms with Gasteiger partial charge in [-0.15, -0.1) is 8.20 Å². The molecule has 0 fully saturated rings. The number of nitrogens with zero attached hydrogens (tertiary/aromatic N) is 1. The van der Waals surface area contributed by atoms with Crippen molar-refractivity contribution in [3.05, 3.63) is 53.8 Å². The number of carbonyl (C=O) groups excluding carboxylic acids is 2. The first-order chi connectivity index (χ1) is 14.3. The summed E-state index contributed by atoms with van der Waals surface area (Å²) in [6.07, 6.45) is 9.84. The third-order valence-corrected chi connectivity index (χ3v) is 5.02. The SMILES string of the molecule is C=PCCN(C(=O)CCC(=O)Nc1ccc(C(=N)N)cc1)C1=CC(C(=O)O)CC=C1. The Balaban J connectivity index is 1.98. The van der Waals surface area contributed by atoms with E-state index in [1.807, 2.05) is 0 Å². The Hall–Kier alpha value is -3.25. The van der Waals surface area contributed by atoms with Gasteiger partial charge in [0.2, 0.25) is 11.8 Å². The summed E-state index contributed by atoms with van der Waals surface area (Å²) in [7, 11) is 0.870. The van der Waals surface area contributed by atoms with Gasteiger partial charge in [0.1, 0.15) is 5.84 Å². The second-order valence-corrected chi connectivity index (χ2v) is 7.60. The summed E-state index contributed by atoms with van der Waals surface area (Å²) >= 11 is 0. The molecule has 1 aliphatic rings. The van der Waals surface area contributed by atoms with Gasteiger partial charge in [-0.25, -0.2) is 0 Å². The lowest BCUT2D eigenvalue weighted by molar-refractivity contribution is -0.140. The van der Waals surface area contributed by atoms with Crippen LogP contribution < -0.4 is 11.1 Å². The molecule has 0 bridgehead atoms. The fraction of sp³-hybridized carbons (Fsp3) is 0.286. The van der Waals surface area contributed by atoms with Gasteiger partial charge in [-0.2, -0.15) is 0 Å². The number of nitrogen functional groups attached to an aromatic ring is 1. The number of hydrogen-bond donors (Lipinski definition) is 4. The molecule has 0 saturated heterocycles. The van der Waals surface area contributed by atoms with Gasteiger partial charge < -0.3 is 21.1 Å². The average Bonchev–Trinajstić information content (AvgIpc) is 2.73. The quantitative estimate of drug-likeness (QED) is 0.258. The molecule has 30 heavy (non-hydrogen) atoms. The Morgan fingerprint density at radius 2 is 1.97 bits per heavy atom. The lowest BCUT2D eigenvalue weighted by Gasteiger charge is -2.26. The highest BCUT2D eigenvalue weighted by Gasteiger charge is 2.23. The third kappa shape index (κ3) is 6.67. The Morgan fingerprint density at radius 3 is 2.57 bits per heavy atom. The molecule has 1 aromatic rings. The maximum atomic E-state index is 12.8. The van der Waals surface area contributed by atoms with Crippen molar-refractivity contribution in [1.82, 2.24) is 4.90 Å². The predicted octanol–water partition coefficient (Wildman–Crippen LogP) is 2.44. The number of nitrogens with one attached hydrogen (secondary N) is 2. The number of nitrogens with two attached hydrogens (primary N) is 1. The number of aliphatic carboxylic acids is 1. The van der Waals surface area contributed by atoms with Crippen LogP contribution in [0.1, 0.15) is 24.8 Å². The molecule has 8 nitrogen and oxygen atoms in total. The largest absolute Gasteiger partial charge is 0.481 e. The number of anilines is 1. The van der Waals surface area contributed by atoms with E-state index < -0.39 is 11.9 Å². The second kappa shape index (κ2) is 11.1. The molecule has 1 atom stereocenters. The molecule has 0 saturated carbocycles. The maximum absolute atomic E-state index is 12.8. The van der Waals surface area contributed by atoms with E-state index in [0.717, 1.165) is 8.20 Å². The van der Waals surface area contributed by atoms with E-state index in [1.54, 1.807) is 42.5 Å². The molecular weight excluding hydrogens is 403 g/mol. The van der Waals surface area contributed by atoms with Crippen LogP contribution in [0.15, 0.2) is 48.2 Å². The standard InChI is InChI=1S/C21H25N4O4P/c1-30-12-11-25(17-4-2-3-15(13-17)21(28)29)19(27)10-9-18(26)24-16-7-5-14(6-8-16)20(22)23/h2,4-8,13,15H,1,3,9-12H2,(H3,22,23)(H,24,26)(H,28,29). The Morgan fingerprint density at radius 1 is 1.27 bits per heavy atom. The van der Waals surface area contributed by atoms with Gasteiger partial charge in [0.25, 0.3) is 0 Å². The lowest BCUT2D eigenvalue weighted by Crippen LogP contribution is -2.33. The van der Waals surface area contributed by atoms with Crippen LogP contribution in [0.3, 0.4) is 0 Å². The average molecular weight is 428 g/mol. The maximum Gasteiger partial charge on any atom is 0.310 e. The normalized spacial score (nSPS) is 15.3. The van der Waals surface area contributed by atoms with E-state index in [1.165, 1.54) is 4.90 Å². The van der Waals surface area contributed by atoms with Gasteiger partial charge in [-0.1, -0.05) is 12.4 Å². The van der Waals surface area contributed by atoms with Crippen LogP contribution in [0.5, 0.6) is 0 Å². The molecule has 0 aliphatic heterocycles. The highest BCUT2D eigenvalue weighted by atomic mass is 31.1. The van der Waals surface area contributed by atoms with Gasteiger partial charge in [-0.3, -0.25) is 19.8 Å². The number of amides is 2. The first-order valence-corrected chi connectivity index (χ1v) is 10.7. The number of carbonyl (C=O) groups is 3. The van der Waals surface area contributed by atoms with E-state index in [0.29, 0.717) is 36.1 Å². The summed E-state index contributed by atoms with van der Waals surface area (Å²) < 4.78 is 0. The Bertz CT molecular complexity index is 893. The van der Waals surface area contributed by atoms with Crippen molar-refractivity contribution in [2.45, 2.75) is 19.3 Å². The predicted molar refractivity (Wildman–Crippen MR) is 119 cm³/mol. The van der Waals surface area contributed by atoms with E-state index in [9.17, 15) is 19.5 Å². The van der Waals surface area contributed by atoms with Crippen LogP contribution >= 0.6 is 8.20 Å². The van der Waals surface area contributed by atoms with Gasteiger partial charge in [0, 0.05) is 42.5 Å². The molecule has 0 radical (unpaired) electrons. The number of carboxylic acid groups (broad SMARTS) is 1. The molecule has 1 aliphatic carbocycles. The van der Waals surface area contributed by atoms with Crippen molar-refractivity contribution < 1.29 is 19.5 Å². The van der Waals surface area contributed by atoms with E-state index in [4.69, 9.17) is 11.1 Å². The summed E-state index contributed by atoms with van der Waals surface area (Å²) in [5.41, 5.74) is 7.05. The highest BCUT2D eigenvalue weighted by Crippen LogP contribution is 2.21. The zero-order chi connectivity index (χ0) is 22.1. The van der Waals surface area contributed by atoms with Crippen molar-refractivity contribution in [3.63, 3.8) is 0 Å². The molecule has 0 heterocycles. The number of amidine groups is 1. The third-order valence-electron chi connectivity index (χ3n) is 4.51. The second-order valence-electron chi connectivity index (χ2n) is 6.71. The number of allylic oxidation sites excluding steroid dienone is 2. The molecule has 0 spiro atoms. The first kappa shape index (κ1) is 23.0. The smallest absolute Gasteiger partial charge is 0.310 e. The van der Waals surface area contributed by atoms with Gasteiger partial charge >= 0.3 is 5.97 Å². The lowest BCUT2D eigenvalue weighted by atomic mass is 9.98. The molecule has 158 valence electrons. The first-order valence-electron chi connectivity index (χ1n) is 9.40. The van der Waals surface area contributed by atoms with Gasteiger partial charge in [-0.05, 0) is 42.8 Å². The summed E-state index contributed by atoms with van der Waals surface area (Å²) in [6.45, 7) is 0.403. The fourth-order valence-corrected chi connectivity index (χ4v) is 3.24. The van der Waals surface area contributed by atoms with Crippen LogP contribution in [0, 0.1) is 11.3 Å². The van der Waals surface area contributed by atoms with E-state index in [-0.39, 0.29) is 30.5 Å². The van der Waals surface area contributed by atoms with Crippen LogP contribution in [0.2, 0.25) is 0 Å². The van der Waals surface area contributed by atoms with Crippen molar-refractivity contribution in [3.8, 4) is 0 Å². The molecule has 2 amide bonds. The van der Waals surface area contributed by atoms with Gasteiger partial charge in [0.15, 0.2) is 0 Å². The van der Waals surface area contributed by atoms with Crippen LogP contribution in [0.4, 0.5) is 5.69 Å². The molecule has 1 unspecified atom stereocenters. The van der Waals surface area contributed by atoms with Crippen molar-refractivity contribution in [2.75, 3.05) is 18.0 Å². The zero-order valence-electron chi connectivity index (χ0n) is 16.5. The monoisotopic (exact) mass is 428 g/mol. The summed E-state index contributed by atoms with van der Waals surface area (Å²) in [5, 5.41) is 19.3. The minimum atomic E-state index is -0.935. The van der Waals surface area contributed by atoms with Crippen molar-refractivity contribution >= 4 is 43.8 Å². The molecule has 5 N–H and O–H groups in total. The van der Waals surface area contributed by atoms with Crippen LogP contribution in [0.25, 0.3) is 0 Å².